The fourth-order valence-corrected chi connectivity index (χ4v) is 2.24. The van der Waals surface area contributed by atoms with Crippen molar-refractivity contribution in [2.24, 2.45) is 0 Å². The Morgan fingerprint density at radius 1 is 1.29 bits per heavy atom. The summed E-state index contributed by atoms with van der Waals surface area (Å²) in [5, 5.41) is 8.49. The molecule has 0 radical (unpaired) electrons. The molecule has 8 heteroatoms. The van der Waals surface area contributed by atoms with Gasteiger partial charge in [-0.25, -0.2) is 18.0 Å². The number of rotatable bonds is 2. The van der Waals surface area contributed by atoms with Crippen LogP contribution in [0.15, 0.2) is 17.1 Å². The summed E-state index contributed by atoms with van der Waals surface area (Å²) in [4.78, 5) is 23.1. The van der Waals surface area contributed by atoms with Crippen LogP contribution in [0.4, 0.5) is 13.2 Å². The number of pyridine rings is 1. The second-order valence-corrected chi connectivity index (χ2v) is 4.66. The van der Waals surface area contributed by atoms with Gasteiger partial charge in [-0.3, -0.25) is 4.79 Å². The molecule has 0 atom stereocenters. The zero-order valence-corrected chi connectivity index (χ0v) is 10.4. The molecule has 1 aromatic heterocycles. The predicted octanol–water partition coefficient (Wildman–Crippen LogP) is 1.69. The first-order valence-electron chi connectivity index (χ1n) is 5.95. The van der Waals surface area contributed by atoms with Crippen molar-refractivity contribution in [1.29, 1.82) is 0 Å². The standard InChI is InChI=1S/C13H8F3NO4/c14-8-1-6-11(10(16)9(8)15)17(5-3-21-4-5)2-7(12(6)18)13(19)20/h1-2,5H,3-4H2,(H,19,20). The molecule has 2 aromatic rings. The minimum atomic E-state index is -1.71. The van der Waals surface area contributed by atoms with Gasteiger partial charge in [-0.05, 0) is 6.07 Å². The number of nitrogens with zero attached hydrogens (tertiary/aromatic N) is 1. The smallest absolute Gasteiger partial charge is 0.341 e. The lowest BCUT2D eigenvalue weighted by Crippen LogP contribution is -2.33. The molecule has 3 rings (SSSR count). The molecule has 21 heavy (non-hydrogen) atoms. The number of aromatic carboxylic acids is 1. The van der Waals surface area contributed by atoms with Crippen LogP contribution in [0.1, 0.15) is 16.4 Å². The van der Waals surface area contributed by atoms with Crippen LogP contribution in [0.5, 0.6) is 0 Å². The van der Waals surface area contributed by atoms with Crippen LogP contribution >= 0.6 is 0 Å². The number of ether oxygens (including phenoxy) is 1. The molecule has 1 aliphatic rings. The summed E-state index contributed by atoms with van der Waals surface area (Å²) in [6, 6.07) is 0.0731. The number of hydrogen-bond donors (Lipinski definition) is 1. The lowest BCUT2D eigenvalue weighted by atomic mass is 10.1. The molecule has 1 aliphatic heterocycles. The summed E-state index contributed by atoms with van der Waals surface area (Å²) in [5.74, 6) is -6.30. The molecular weight excluding hydrogens is 291 g/mol. The molecule has 2 heterocycles. The average Bonchev–Trinajstić information content (AvgIpc) is 2.36. The van der Waals surface area contributed by atoms with Gasteiger partial charge in [0.05, 0.1) is 30.2 Å². The van der Waals surface area contributed by atoms with Crippen molar-refractivity contribution in [2.45, 2.75) is 6.04 Å². The van der Waals surface area contributed by atoms with Crippen LogP contribution in [-0.2, 0) is 4.74 Å². The second-order valence-electron chi connectivity index (χ2n) is 4.66. The average molecular weight is 299 g/mol. The quantitative estimate of drug-likeness (QED) is 0.857. The van der Waals surface area contributed by atoms with E-state index in [1.807, 2.05) is 0 Å². The van der Waals surface area contributed by atoms with Crippen molar-refractivity contribution in [3.05, 3.63) is 45.5 Å². The van der Waals surface area contributed by atoms with Crippen molar-refractivity contribution < 1.29 is 27.8 Å². The molecule has 1 saturated heterocycles. The molecule has 1 N–H and O–H groups in total. The number of fused-ring (bicyclic) bond motifs is 1. The van der Waals surface area contributed by atoms with Crippen molar-refractivity contribution in [2.75, 3.05) is 13.2 Å². The molecule has 5 nitrogen and oxygen atoms in total. The van der Waals surface area contributed by atoms with E-state index in [1.165, 1.54) is 0 Å². The van der Waals surface area contributed by atoms with Gasteiger partial charge >= 0.3 is 5.97 Å². The van der Waals surface area contributed by atoms with Gasteiger partial charge in [0, 0.05) is 6.20 Å². The fourth-order valence-electron chi connectivity index (χ4n) is 2.24. The van der Waals surface area contributed by atoms with E-state index in [-0.39, 0.29) is 13.2 Å². The molecule has 0 saturated carbocycles. The Labute approximate surface area is 115 Å². The van der Waals surface area contributed by atoms with Gasteiger partial charge < -0.3 is 14.4 Å². The second kappa shape index (κ2) is 4.59. The highest BCUT2D eigenvalue weighted by Gasteiger charge is 2.28. The Hall–Kier alpha value is -2.35. The van der Waals surface area contributed by atoms with Crippen LogP contribution in [0.3, 0.4) is 0 Å². The maximum atomic E-state index is 14.0. The van der Waals surface area contributed by atoms with E-state index < -0.39 is 51.4 Å². The molecular formula is C13H8F3NO4. The van der Waals surface area contributed by atoms with Crippen LogP contribution in [0.25, 0.3) is 10.9 Å². The zero-order valence-electron chi connectivity index (χ0n) is 10.4. The summed E-state index contributed by atoms with van der Waals surface area (Å²) in [6.07, 6.45) is 0.931. The highest BCUT2D eigenvalue weighted by atomic mass is 19.2. The lowest BCUT2D eigenvalue weighted by molar-refractivity contribution is -0.0219. The number of carbonyl (C=O) groups is 1. The lowest BCUT2D eigenvalue weighted by Gasteiger charge is -2.30. The number of hydrogen-bond acceptors (Lipinski definition) is 3. The SMILES string of the molecule is O=C(O)c1cn(C2COC2)c2c(F)c(F)c(F)cc2c1=O. The third-order valence-corrected chi connectivity index (χ3v) is 3.40. The maximum Gasteiger partial charge on any atom is 0.341 e. The fraction of sp³-hybridized carbons (Fsp3) is 0.231. The normalized spacial score (nSPS) is 15.2. The number of aromatic nitrogens is 1. The summed E-state index contributed by atoms with van der Waals surface area (Å²) in [7, 11) is 0. The first-order valence-corrected chi connectivity index (χ1v) is 5.95. The zero-order chi connectivity index (χ0) is 15.3. The van der Waals surface area contributed by atoms with Gasteiger partial charge in [-0.2, -0.15) is 0 Å². The molecule has 0 unspecified atom stereocenters. The molecule has 1 fully saturated rings. The van der Waals surface area contributed by atoms with Crippen molar-refractivity contribution in [1.82, 2.24) is 4.57 Å². The summed E-state index contributed by atoms with van der Waals surface area (Å²) in [5.41, 5.74) is -2.16. The van der Waals surface area contributed by atoms with Crippen molar-refractivity contribution >= 4 is 16.9 Å². The van der Waals surface area contributed by atoms with Gasteiger partial charge in [0.15, 0.2) is 17.5 Å². The molecule has 0 bridgehead atoms. The summed E-state index contributed by atoms with van der Waals surface area (Å²) in [6.45, 7) is 0.324. The predicted molar refractivity (Wildman–Crippen MR) is 64.9 cm³/mol. The Bertz CT molecular complexity index is 827. The molecule has 1 aromatic carbocycles. The minimum absolute atomic E-state index is 0.162. The number of carboxylic acids is 1. The first kappa shape index (κ1) is 13.6. The van der Waals surface area contributed by atoms with Crippen LogP contribution in [0, 0.1) is 17.5 Å². The Morgan fingerprint density at radius 2 is 1.95 bits per heavy atom. The van der Waals surface area contributed by atoms with Gasteiger partial charge in [0.1, 0.15) is 5.56 Å². The Kier molecular flexibility index (Phi) is 2.98. The van der Waals surface area contributed by atoms with Crippen LogP contribution in [-0.4, -0.2) is 28.9 Å². The Balaban J connectivity index is 2.48. The third-order valence-electron chi connectivity index (χ3n) is 3.40. The van der Waals surface area contributed by atoms with E-state index >= 15 is 0 Å². The van der Waals surface area contributed by atoms with Gasteiger partial charge in [-0.15, -0.1) is 0 Å². The van der Waals surface area contributed by atoms with Gasteiger partial charge in [-0.1, -0.05) is 0 Å². The number of benzene rings is 1. The van der Waals surface area contributed by atoms with E-state index in [0.717, 1.165) is 10.8 Å². The van der Waals surface area contributed by atoms with E-state index in [1.54, 1.807) is 0 Å². The molecule has 0 aliphatic carbocycles. The van der Waals surface area contributed by atoms with Crippen molar-refractivity contribution in [3.8, 4) is 0 Å². The van der Waals surface area contributed by atoms with E-state index in [9.17, 15) is 22.8 Å². The van der Waals surface area contributed by atoms with Crippen LogP contribution < -0.4 is 5.43 Å². The molecule has 0 spiro atoms. The topological polar surface area (TPSA) is 68.5 Å². The van der Waals surface area contributed by atoms with Gasteiger partial charge in [0.25, 0.3) is 0 Å². The molecule has 0 amide bonds. The van der Waals surface area contributed by atoms with E-state index in [4.69, 9.17) is 9.84 Å². The highest BCUT2D eigenvalue weighted by Crippen LogP contribution is 2.27. The number of halogens is 3. The van der Waals surface area contributed by atoms with Gasteiger partial charge in [0.2, 0.25) is 5.43 Å². The van der Waals surface area contributed by atoms with E-state index in [2.05, 4.69) is 0 Å². The summed E-state index contributed by atoms with van der Waals surface area (Å²) < 4.78 is 46.7. The maximum absolute atomic E-state index is 14.0. The van der Waals surface area contributed by atoms with Crippen molar-refractivity contribution in [3.63, 3.8) is 0 Å². The van der Waals surface area contributed by atoms with E-state index in [0.29, 0.717) is 6.07 Å². The monoisotopic (exact) mass is 299 g/mol. The largest absolute Gasteiger partial charge is 0.477 e. The molecule has 110 valence electrons. The highest BCUT2D eigenvalue weighted by molar-refractivity contribution is 5.92. The Morgan fingerprint density at radius 3 is 2.48 bits per heavy atom. The van der Waals surface area contributed by atoms with Crippen LogP contribution in [0.2, 0.25) is 0 Å². The summed E-state index contributed by atoms with van der Waals surface area (Å²) >= 11 is 0. The minimum Gasteiger partial charge on any atom is -0.477 e. The number of carboxylic acid groups (broad SMARTS) is 1. The first-order chi connectivity index (χ1) is 9.91. The third kappa shape index (κ3) is 1.90.